The van der Waals surface area contributed by atoms with Crippen LogP contribution in [0.3, 0.4) is 0 Å². The van der Waals surface area contributed by atoms with Crippen molar-refractivity contribution in [2.45, 2.75) is 25.9 Å². The predicted molar refractivity (Wildman–Crippen MR) is 117 cm³/mol. The van der Waals surface area contributed by atoms with Gasteiger partial charge >= 0.3 is 0 Å². The third-order valence-electron chi connectivity index (χ3n) is 5.36. The van der Waals surface area contributed by atoms with Gasteiger partial charge < -0.3 is 24.4 Å². The number of nitrogens with zero attached hydrogens (tertiary/aromatic N) is 1. The third-order valence-corrected chi connectivity index (χ3v) is 5.89. The zero-order valence-electron chi connectivity index (χ0n) is 16.9. The summed E-state index contributed by atoms with van der Waals surface area (Å²) in [5.41, 5.74) is 0.662. The zero-order valence-corrected chi connectivity index (χ0v) is 18.4. The van der Waals surface area contributed by atoms with E-state index < -0.39 is 6.10 Å². The summed E-state index contributed by atoms with van der Waals surface area (Å²) < 4.78 is 16.3. The van der Waals surface area contributed by atoms with Crippen molar-refractivity contribution in [3.05, 3.63) is 46.4 Å². The molecule has 0 bridgehead atoms. The van der Waals surface area contributed by atoms with Crippen LogP contribution in [0, 0.1) is 5.92 Å². The Morgan fingerprint density at radius 2 is 1.84 bits per heavy atom. The number of ether oxygens (including phenoxy) is 3. The maximum atomic E-state index is 12.8. The van der Waals surface area contributed by atoms with E-state index in [4.69, 9.17) is 37.4 Å². The van der Waals surface area contributed by atoms with Crippen molar-refractivity contribution < 1.29 is 23.8 Å². The third kappa shape index (κ3) is 4.99. The number of benzene rings is 2. The fourth-order valence-electron chi connectivity index (χ4n) is 3.65. The van der Waals surface area contributed by atoms with Gasteiger partial charge in [-0.25, -0.2) is 0 Å². The lowest BCUT2D eigenvalue weighted by molar-refractivity contribution is -0.140. The second-order valence-corrected chi connectivity index (χ2v) is 8.34. The number of likely N-dealkylation sites (tertiary alicyclic amines) is 1. The summed E-state index contributed by atoms with van der Waals surface area (Å²) in [7, 11) is 0. The molecule has 2 aromatic carbocycles. The van der Waals surface area contributed by atoms with Crippen molar-refractivity contribution >= 4 is 40.7 Å². The van der Waals surface area contributed by atoms with Gasteiger partial charge in [0.1, 0.15) is 5.75 Å². The second kappa shape index (κ2) is 9.24. The van der Waals surface area contributed by atoms with Crippen LogP contribution in [0.5, 0.6) is 17.2 Å². The van der Waals surface area contributed by atoms with Crippen LogP contribution in [0.1, 0.15) is 19.8 Å². The van der Waals surface area contributed by atoms with Gasteiger partial charge in [-0.3, -0.25) is 9.59 Å². The zero-order chi connectivity index (χ0) is 22.0. The summed E-state index contributed by atoms with van der Waals surface area (Å²) >= 11 is 12.0. The molecule has 2 amide bonds. The Morgan fingerprint density at radius 3 is 2.58 bits per heavy atom. The Hall–Kier alpha value is -2.64. The predicted octanol–water partition coefficient (Wildman–Crippen LogP) is 4.37. The topological polar surface area (TPSA) is 77.1 Å². The highest BCUT2D eigenvalue weighted by molar-refractivity contribution is 6.35. The summed E-state index contributed by atoms with van der Waals surface area (Å²) in [6.07, 6.45) is 0.463. The second-order valence-electron chi connectivity index (χ2n) is 7.49. The molecule has 31 heavy (non-hydrogen) atoms. The molecule has 0 spiro atoms. The molecule has 2 aromatic rings. The molecule has 0 aliphatic carbocycles. The molecule has 2 heterocycles. The van der Waals surface area contributed by atoms with Crippen molar-refractivity contribution in [1.82, 2.24) is 4.90 Å². The monoisotopic (exact) mass is 464 g/mol. The molecule has 1 N–H and O–H groups in total. The largest absolute Gasteiger partial charge is 0.479 e. The molecular weight excluding hydrogens is 443 g/mol. The van der Waals surface area contributed by atoms with Crippen molar-refractivity contribution in [1.29, 1.82) is 0 Å². The van der Waals surface area contributed by atoms with Gasteiger partial charge in [0.2, 0.25) is 12.7 Å². The minimum atomic E-state index is -0.697. The van der Waals surface area contributed by atoms with Crippen LogP contribution in [0.25, 0.3) is 0 Å². The minimum Gasteiger partial charge on any atom is -0.479 e. The van der Waals surface area contributed by atoms with Crippen molar-refractivity contribution in [3.63, 3.8) is 0 Å². The molecule has 7 nitrogen and oxygen atoms in total. The van der Waals surface area contributed by atoms with Gasteiger partial charge in [-0.2, -0.15) is 0 Å². The van der Waals surface area contributed by atoms with E-state index in [0.29, 0.717) is 58.9 Å². The average molecular weight is 465 g/mol. The van der Waals surface area contributed by atoms with Gasteiger partial charge in [-0.15, -0.1) is 0 Å². The van der Waals surface area contributed by atoms with E-state index in [0.717, 1.165) is 0 Å². The van der Waals surface area contributed by atoms with Gasteiger partial charge in [-0.1, -0.05) is 23.2 Å². The summed E-state index contributed by atoms with van der Waals surface area (Å²) in [6, 6.07) is 10.2. The summed E-state index contributed by atoms with van der Waals surface area (Å²) in [6.45, 7) is 2.84. The van der Waals surface area contributed by atoms with E-state index in [9.17, 15) is 9.59 Å². The van der Waals surface area contributed by atoms with E-state index in [1.165, 1.54) is 0 Å². The van der Waals surface area contributed by atoms with Crippen molar-refractivity contribution in [2.24, 2.45) is 5.92 Å². The quantitative estimate of drug-likeness (QED) is 0.710. The van der Waals surface area contributed by atoms with E-state index >= 15 is 0 Å². The summed E-state index contributed by atoms with van der Waals surface area (Å²) in [4.78, 5) is 27.1. The van der Waals surface area contributed by atoms with Crippen LogP contribution in [0.4, 0.5) is 5.69 Å². The number of halogens is 2. The van der Waals surface area contributed by atoms with Crippen LogP contribution in [0.15, 0.2) is 36.4 Å². The maximum Gasteiger partial charge on any atom is 0.263 e. The summed E-state index contributed by atoms with van der Waals surface area (Å²) in [5.74, 6) is 1.32. The number of anilines is 1. The van der Waals surface area contributed by atoms with Crippen LogP contribution in [-0.4, -0.2) is 42.7 Å². The van der Waals surface area contributed by atoms with E-state index in [1.807, 2.05) is 0 Å². The Morgan fingerprint density at radius 1 is 1.10 bits per heavy atom. The highest BCUT2D eigenvalue weighted by Gasteiger charge is 2.30. The standard InChI is InChI=1S/C22H22Cl2N2O5/c1-13(31-18-4-2-15(23)10-17(18)24)22(28)26-8-6-14(7-9-26)21(27)25-16-3-5-19-20(11-16)30-12-29-19/h2-5,10-11,13-14H,6-9,12H2,1H3,(H,25,27)/t13-/m0/s1. The van der Waals surface area contributed by atoms with Gasteiger partial charge in [-0.05, 0) is 50.1 Å². The molecule has 4 rings (SSSR count). The first-order valence-electron chi connectivity index (χ1n) is 10.0. The number of piperidine rings is 1. The molecule has 2 aliphatic heterocycles. The molecule has 164 valence electrons. The van der Waals surface area contributed by atoms with Gasteiger partial charge in [0.25, 0.3) is 5.91 Å². The van der Waals surface area contributed by atoms with Crippen LogP contribution >= 0.6 is 23.2 Å². The first-order valence-corrected chi connectivity index (χ1v) is 10.8. The van der Waals surface area contributed by atoms with E-state index in [2.05, 4.69) is 5.32 Å². The molecule has 2 aliphatic rings. The number of carbonyl (C=O) groups is 2. The molecule has 0 saturated carbocycles. The van der Waals surface area contributed by atoms with Gasteiger partial charge in [0.05, 0.1) is 5.02 Å². The van der Waals surface area contributed by atoms with Gasteiger partial charge in [0, 0.05) is 35.8 Å². The maximum absolute atomic E-state index is 12.8. The van der Waals surface area contributed by atoms with Crippen LogP contribution in [-0.2, 0) is 9.59 Å². The lowest BCUT2D eigenvalue weighted by Crippen LogP contribution is -2.46. The molecule has 9 heteroatoms. The first kappa shape index (κ1) is 21.6. The molecule has 0 aromatic heterocycles. The van der Waals surface area contributed by atoms with Crippen LogP contribution < -0.4 is 19.5 Å². The SMILES string of the molecule is C[C@H](Oc1ccc(Cl)cc1Cl)C(=O)N1CCC(C(=O)Nc2ccc3c(c2)OCO3)CC1. The van der Waals surface area contributed by atoms with Gasteiger partial charge in [0.15, 0.2) is 17.6 Å². The number of rotatable bonds is 5. The van der Waals surface area contributed by atoms with Crippen LogP contribution in [0.2, 0.25) is 10.0 Å². The number of fused-ring (bicyclic) bond motifs is 1. The molecular formula is C22H22Cl2N2O5. The molecule has 0 radical (unpaired) electrons. The van der Waals surface area contributed by atoms with E-state index in [-0.39, 0.29) is 24.5 Å². The summed E-state index contributed by atoms with van der Waals surface area (Å²) in [5, 5.41) is 3.77. The minimum absolute atomic E-state index is 0.0665. The molecule has 1 saturated heterocycles. The average Bonchev–Trinajstić information content (AvgIpc) is 3.23. The highest BCUT2D eigenvalue weighted by Crippen LogP contribution is 2.34. The fourth-order valence-corrected chi connectivity index (χ4v) is 4.10. The Kier molecular flexibility index (Phi) is 6.43. The van der Waals surface area contributed by atoms with Crippen molar-refractivity contribution in [3.8, 4) is 17.2 Å². The number of carbonyl (C=O) groups excluding carboxylic acids is 2. The fraction of sp³-hybridized carbons (Fsp3) is 0.364. The Balaban J connectivity index is 1.28. The van der Waals surface area contributed by atoms with E-state index in [1.54, 1.807) is 48.2 Å². The molecule has 1 fully saturated rings. The first-order chi connectivity index (χ1) is 14.9. The smallest absolute Gasteiger partial charge is 0.263 e. The normalized spacial score (nSPS) is 16.7. The number of hydrogen-bond donors (Lipinski definition) is 1. The number of hydrogen-bond acceptors (Lipinski definition) is 5. The molecule has 1 atom stereocenters. The Labute approximate surface area is 190 Å². The lowest BCUT2D eigenvalue weighted by Gasteiger charge is -2.33. The lowest BCUT2D eigenvalue weighted by atomic mass is 9.95. The molecule has 0 unspecified atom stereocenters. The Bertz CT molecular complexity index is 992. The van der Waals surface area contributed by atoms with Crippen molar-refractivity contribution in [2.75, 3.05) is 25.2 Å². The number of amides is 2. The number of nitrogens with one attached hydrogen (secondary N) is 1. The highest BCUT2D eigenvalue weighted by atomic mass is 35.5.